The molecule has 0 aliphatic carbocycles. The molecule has 0 aliphatic rings. The van der Waals surface area contributed by atoms with Crippen LogP contribution >= 0.6 is 22.6 Å². The highest BCUT2D eigenvalue weighted by atomic mass is 127. The molecule has 0 aromatic carbocycles. The van der Waals surface area contributed by atoms with E-state index in [1.807, 2.05) is 24.3 Å². The summed E-state index contributed by atoms with van der Waals surface area (Å²) in [6.07, 6.45) is 0. The van der Waals surface area contributed by atoms with E-state index in [4.69, 9.17) is 0 Å². The minimum Gasteiger partial charge on any atom is -0.227 e. The highest BCUT2D eigenvalue weighted by molar-refractivity contribution is 14.1. The molecule has 0 radical (unpaired) electrons. The van der Waals surface area contributed by atoms with E-state index in [0.717, 1.165) is 9.22 Å². The van der Waals surface area contributed by atoms with Crippen molar-refractivity contribution >= 4 is 28.1 Å². The Morgan fingerprint density at radius 3 is 3.08 bits per heavy atom. The molecular weight excluding hydrogens is 281 g/mol. The van der Waals surface area contributed by atoms with Gasteiger partial charge in [0, 0.05) is 0 Å². The van der Waals surface area contributed by atoms with Crippen LogP contribution in [0.5, 0.6) is 0 Å². The molecule has 0 fully saturated rings. The van der Waals surface area contributed by atoms with Crippen molar-refractivity contribution in [3.05, 3.63) is 38.6 Å². The summed E-state index contributed by atoms with van der Waals surface area (Å²) in [7, 11) is 0. The van der Waals surface area contributed by atoms with Crippen LogP contribution in [0.3, 0.4) is 0 Å². The van der Waals surface area contributed by atoms with Gasteiger partial charge in [-0.15, -0.1) is 0 Å². The van der Waals surface area contributed by atoms with Crippen molar-refractivity contribution in [2.24, 2.45) is 5.18 Å². The number of pyridine rings is 1. The Morgan fingerprint density at radius 1 is 1.54 bits per heavy atom. The molecule has 2 aromatic heterocycles. The minimum absolute atomic E-state index is 0.137. The molecule has 0 unspecified atom stereocenters. The van der Waals surface area contributed by atoms with Gasteiger partial charge in [-0.2, -0.15) is 10.0 Å². The topological polar surface area (TPSA) is 46.7 Å². The maximum absolute atomic E-state index is 10.0. The Hall–Kier alpha value is -0.980. The van der Waals surface area contributed by atoms with Crippen LogP contribution in [0.4, 0.5) is 0 Å². The lowest BCUT2D eigenvalue weighted by Gasteiger charge is -1.93. The van der Waals surface area contributed by atoms with E-state index < -0.39 is 0 Å². The van der Waals surface area contributed by atoms with Crippen molar-refractivity contribution in [2.75, 3.05) is 0 Å². The van der Waals surface area contributed by atoms with E-state index >= 15 is 0 Å². The minimum atomic E-state index is 0.137. The predicted molar refractivity (Wildman–Crippen MR) is 57.4 cm³/mol. The van der Waals surface area contributed by atoms with Crippen LogP contribution in [0.25, 0.3) is 5.52 Å². The van der Waals surface area contributed by atoms with Crippen LogP contribution in [0.15, 0.2) is 29.4 Å². The molecule has 0 spiro atoms. The Kier molecular flexibility index (Phi) is 2.26. The highest BCUT2D eigenvalue weighted by Crippen LogP contribution is 2.11. The Morgan fingerprint density at radius 2 is 2.38 bits per heavy atom. The normalized spacial score (nSPS) is 10.5. The zero-order valence-electron chi connectivity index (χ0n) is 6.64. The van der Waals surface area contributed by atoms with Gasteiger partial charge in [-0.3, -0.25) is 0 Å². The summed E-state index contributed by atoms with van der Waals surface area (Å²) in [5, 5.41) is 7.02. The summed E-state index contributed by atoms with van der Waals surface area (Å²) in [6.45, 7) is 0.137. The summed E-state index contributed by atoms with van der Waals surface area (Å²) in [5.41, 5.74) is 1.70. The number of halogens is 1. The fraction of sp³-hybridized carbons (Fsp3) is 0.125. The summed E-state index contributed by atoms with van der Waals surface area (Å²) >= 11 is 2.19. The van der Waals surface area contributed by atoms with E-state index in [2.05, 4.69) is 32.9 Å². The number of nitroso groups, excluding NO2 is 1. The first-order valence-corrected chi connectivity index (χ1v) is 4.81. The Labute approximate surface area is 88.1 Å². The molecule has 2 heterocycles. The maximum Gasteiger partial charge on any atom is 0.125 e. The molecule has 0 amide bonds. The van der Waals surface area contributed by atoms with Gasteiger partial charge >= 0.3 is 0 Å². The molecule has 0 aliphatic heterocycles. The molecule has 5 heteroatoms. The van der Waals surface area contributed by atoms with E-state index in [0.29, 0.717) is 5.69 Å². The molecule has 2 aromatic rings. The van der Waals surface area contributed by atoms with Crippen LogP contribution in [0.2, 0.25) is 0 Å². The zero-order chi connectivity index (χ0) is 9.26. The summed E-state index contributed by atoms with van der Waals surface area (Å²) < 4.78 is 2.81. The lowest BCUT2D eigenvalue weighted by Crippen LogP contribution is -1.92. The van der Waals surface area contributed by atoms with Crippen LogP contribution in [-0.2, 0) is 6.54 Å². The number of rotatable bonds is 2. The molecular formula is C8H6IN3O. The van der Waals surface area contributed by atoms with Crippen molar-refractivity contribution in [1.29, 1.82) is 0 Å². The van der Waals surface area contributed by atoms with Gasteiger partial charge in [0.1, 0.15) is 10.2 Å². The molecule has 0 N–H and O–H groups in total. The largest absolute Gasteiger partial charge is 0.227 e. The van der Waals surface area contributed by atoms with Gasteiger partial charge < -0.3 is 0 Å². The van der Waals surface area contributed by atoms with Crippen LogP contribution < -0.4 is 0 Å². The van der Waals surface area contributed by atoms with Crippen molar-refractivity contribution in [3.8, 4) is 0 Å². The van der Waals surface area contributed by atoms with E-state index in [1.165, 1.54) is 0 Å². The second-order valence-corrected chi connectivity index (χ2v) is 3.71. The average molecular weight is 287 g/mol. The van der Waals surface area contributed by atoms with Gasteiger partial charge in [-0.1, -0.05) is 11.2 Å². The van der Waals surface area contributed by atoms with Gasteiger partial charge in [-0.25, -0.2) is 4.52 Å². The smallest absolute Gasteiger partial charge is 0.125 e. The molecule has 4 nitrogen and oxygen atoms in total. The van der Waals surface area contributed by atoms with Crippen molar-refractivity contribution < 1.29 is 0 Å². The number of hydrogen-bond donors (Lipinski definition) is 0. The molecule has 13 heavy (non-hydrogen) atoms. The summed E-state index contributed by atoms with van der Waals surface area (Å²) in [4.78, 5) is 10.0. The van der Waals surface area contributed by atoms with Gasteiger partial charge in [0.05, 0.1) is 11.2 Å². The van der Waals surface area contributed by atoms with E-state index in [9.17, 15) is 4.91 Å². The van der Waals surface area contributed by atoms with Crippen molar-refractivity contribution in [2.45, 2.75) is 6.54 Å². The third-order valence-electron chi connectivity index (χ3n) is 1.72. The fourth-order valence-electron chi connectivity index (χ4n) is 1.18. The molecule has 66 valence electrons. The summed E-state index contributed by atoms with van der Waals surface area (Å²) in [5.74, 6) is 0. The number of fused-ring (bicyclic) bond motifs is 1. The average Bonchev–Trinajstić information content (AvgIpc) is 2.49. The highest BCUT2D eigenvalue weighted by Gasteiger charge is 2.02. The first-order valence-electron chi connectivity index (χ1n) is 3.73. The second kappa shape index (κ2) is 3.41. The fourth-order valence-corrected chi connectivity index (χ4v) is 1.77. The lowest BCUT2D eigenvalue weighted by atomic mass is 10.3. The zero-order valence-corrected chi connectivity index (χ0v) is 8.80. The van der Waals surface area contributed by atoms with Crippen LogP contribution in [0.1, 0.15) is 5.69 Å². The van der Waals surface area contributed by atoms with Gasteiger partial charge in [0.15, 0.2) is 0 Å². The standard InChI is InChI=1S/C8H6IN3O/c9-8-3-1-2-7-4-6(5-10-13)11-12(7)8/h1-4H,5H2. The molecule has 0 saturated heterocycles. The molecule has 0 bridgehead atoms. The second-order valence-electron chi connectivity index (χ2n) is 2.61. The summed E-state index contributed by atoms with van der Waals surface area (Å²) in [6, 6.07) is 7.72. The lowest BCUT2D eigenvalue weighted by molar-refractivity contribution is 0.865. The molecule has 0 atom stereocenters. The monoisotopic (exact) mass is 287 g/mol. The van der Waals surface area contributed by atoms with Gasteiger partial charge in [0.2, 0.25) is 0 Å². The Balaban J connectivity index is 2.61. The van der Waals surface area contributed by atoms with E-state index in [-0.39, 0.29) is 6.54 Å². The number of hydrogen-bond acceptors (Lipinski definition) is 3. The van der Waals surface area contributed by atoms with E-state index in [1.54, 1.807) is 4.52 Å². The first-order chi connectivity index (χ1) is 6.31. The first kappa shape index (κ1) is 8.61. The van der Waals surface area contributed by atoms with Crippen molar-refractivity contribution in [1.82, 2.24) is 9.61 Å². The van der Waals surface area contributed by atoms with Crippen molar-refractivity contribution in [3.63, 3.8) is 0 Å². The molecule has 2 rings (SSSR count). The SMILES string of the molecule is O=NCc1cc2cccc(I)n2n1. The third-order valence-corrected chi connectivity index (χ3v) is 2.53. The van der Waals surface area contributed by atoms with Gasteiger partial charge in [0.25, 0.3) is 0 Å². The predicted octanol–water partition coefficient (Wildman–Crippen LogP) is 2.21. The molecule has 0 saturated carbocycles. The van der Waals surface area contributed by atoms with Crippen LogP contribution in [-0.4, -0.2) is 9.61 Å². The quantitative estimate of drug-likeness (QED) is 0.483. The Bertz CT molecular complexity index is 452. The number of aromatic nitrogens is 2. The maximum atomic E-state index is 10.0. The number of nitrogens with zero attached hydrogens (tertiary/aromatic N) is 3. The van der Waals surface area contributed by atoms with Crippen LogP contribution in [0, 0.1) is 8.61 Å². The third kappa shape index (κ3) is 1.55. The van der Waals surface area contributed by atoms with Gasteiger partial charge in [-0.05, 0) is 40.8 Å².